The third-order valence-electron chi connectivity index (χ3n) is 3.73. The van der Waals surface area contributed by atoms with Crippen molar-refractivity contribution < 1.29 is 4.79 Å². The molecule has 2 aromatic rings. The van der Waals surface area contributed by atoms with Gasteiger partial charge < -0.3 is 4.90 Å². The predicted octanol–water partition coefficient (Wildman–Crippen LogP) is 3.96. The molecule has 0 aliphatic heterocycles. The van der Waals surface area contributed by atoms with Crippen LogP contribution in [0.1, 0.15) is 34.5 Å². The van der Waals surface area contributed by atoms with Gasteiger partial charge in [0, 0.05) is 16.7 Å². The van der Waals surface area contributed by atoms with Crippen LogP contribution in [-0.2, 0) is 6.54 Å². The van der Waals surface area contributed by atoms with E-state index in [1.54, 1.807) is 6.20 Å². The summed E-state index contributed by atoms with van der Waals surface area (Å²) < 4.78 is 0.890. The second-order valence-corrected chi connectivity index (χ2v) is 6.21. The maximum absolute atomic E-state index is 12.9. The smallest absolute Gasteiger partial charge is 0.255 e. The Hall–Kier alpha value is -1.68. The summed E-state index contributed by atoms with van der Waals surface area (Å²) in [6.45, 7) is 2.58. The van der Waals surface area contributed by atoms with E-state index in [2.05, 4.69) is 20.9 Å². The van der Waals surface area contributed by atoms with Gasteiger partial charge in [0.2, 0.25) is 0 Å². The molecule has 1 saturated carbocycles. The van der Waals surface area contributed by atoms with Crippen LogP contribution < -0.4 is 0 Å². The Morgan fingerprint density at radius 3 is 2.76 bits per heavy atom. The topological polar surface area (TPSA) is 33.2 Å². The van der Waals surface area contributed by atoms with Crippen LogP contribution in [0.5, 0.6) is 0 Å². The molecular formula is C17H17BrN2O. The minimum absolute atomic E-state index is 0.0822. The standard InChI is InChI=1S/C17H17BrN2O/c1-12-5-4-7-15(16(12)18)17(21)20(14-8-9-14)11-13-6-2-3-10-19-13/h2-7,10,14H,8-9,11H2,1H3. The third kappa shape index (κ3) is 3.16. The molecule has 0 bridgehead atoms. The summed E-state index contributed by atoms with van der Waals surface area (Å²) in [5, 5.41) is 0. The van der Waals surface area contributed by atoms with E-state index in [4.69, 9.17) is 0 Å². The summed E-state index contributed by atoms with van der Waals surface area (Å²) >= 11 is 3.54. The van der Waals surface area contributed by atoms with Crippen molar-refractivity contribution in [1.29, 1.82) is 0 Å². The minimum atomic E-state index is 0.0822. The van der Waals surface area contributed by atoms with Crippen molar-refractivity contribution in [2.45, 2.75) is 32.4 Å². The number of amides is 1. The molecule has 1 heterocycles. The molecule has 3 nitrogen and oxygen atoms in total. The highest BCUT2D eigenvalue weighted by atomic mass is 79.9. The molecule has 1 fully saturated rings. The fourth-order valence-electron chi connectivity index (χ4n) is 2.39. The molecule has 0 N–H and O–H groups in total. The van der Waals surface area contributed by atoms with Gasteiger partial charge >= 0.3 is 0 Å². The van der Waals surface area contributed by atoms with Crippen molar-refractivity contribution in [2.75, 3.05) is 0 Å². The molecule has 0 atom stereocenters. The average Bonchev–Trinajstić information content (AvgIpc) is 3.33. The SMILES string of the molecule is Cc1cccc(C(=O)N(Cc2ccccn2)C2CC2)c1Br. The number of nitrogens with zero attached hydrogens (tertiary/aromatic N) is 2. The maximum Gasteiger partial charge on any atom is 0.255 e. The van der Waals surface area contributed by atoms with Gasteiger partial charge in [-0.2, -0.15) is 0 Å². The van der Waals surface area contributed by atoms with E-state index in [9.17, 15) is 4.79 Å². The first-order valence-corrected chi connectivity index (χ1v) is 7.92. The largest absolute Gasteiger partial charge is 0.330 e. The first kappa shape index (κ1) is 14.3. The van der Waals surface area contributed by atoms with Gasteiger partial charge in [-0.1, -0.05) is 18.2 Å². The molecule has 1 amide bonds. The number of halogens is 1. The van der Waals surface area contributed by atoms with Gasteiger partial charge in [-0.25, -0.2) is 0 Å². The van der Waals surface area contributed by atoms with E-state index in [1.807, 2.05) is 48.2 Å². The third-order valence-corrected chi connectivity index (χ3v) is 4.78. The number of rotatable bonds is 4. The van der Waals surface area contributed by atoms with Gasteiger partial charge in [-0.05, 0) is 59.5 Å². The van der Waals surface area contributed by atoms with Crippen molar-refractivity contribution in [3.63, 3.8) is 0 Å². The molecule has 0 radical (unpaired) electrons. The maximum atomic E-state index is 12.9. The average molecular weight is 345 g/mol. The van der Waals surface area contributed by atoms with Gasteiger partial charge in [0.05, 0.1) is 17.8 Å². The van der Waals surface area contributed by atoms with Gasteiger partial charge in [0.25, 0.3) is 5.91 Å². The highest BCUT2D eigenvalue weighted by Gasteiger charge is 2.34. The van der Waals surface area contributed by atoms with E-state index in [0.717, 1.165) is 34.1 Å². The summed E-state index contributed by atoms with van der Waals surface area (Å²) in [5.74, 6) is 0.0822. The molecule has 0 saturated heterocycles. The molecule has 1 aliphatic carbocycles. The van der Waals surface area contributed by atoms with Crippen LogP contribution in [0.15, 0.2) is 47.1 Å². The van der Waals surface area contributed by atoms with Crippen LogP contribution in [0.4, 0.5) is 0 Å². The zero-order chi connectivity index (χ0) is 14.8. The lowest BCUT2D eigenvalue weighted by molar-refractivity contribution is 0.0726. The van der Waals surface area contributed by atoms with E-state index in [0.29, 0.717) is 12.6 Å². The summed E-state index contributed by atoms with van der Waals surface area (Å²) in [7, 11) is 0. The molecule has 1 aromatic carbocycles. The number of benzene rings is 1. The number of carbonyl (C=O) groups excluding carboxylic acids is 1. The van der Waals surface area contributed by atoms with Crippen LogP contribution in [0, 0.1) is 6.92 Å². The van der Waals surface area contributed by atoms with E-state index < -0.39 is 0 Å². The fraction of sp³-hybridized carbons (Fsp3) is 0.294. The molecule has 1 aliphatic rings. The molecule has 4 heteroatoms. The molecular weight excluding hydrogens is 328 g/mol. The lowest BCUT2D eigenvalue weighted by Gasteiger charge is -2.23. The highest BCUT2D eigenvalue weighted by Crippen LogP contribution is 2.31. The van der Waals surface area contributed by atoms with E-state index in [1.165, 1.54) is 0 Å². The highest BCUT2D eigenvalue weighted by molar-refractivity contribution is 9.10. The van der Waals surface area contributed by atoms with Crippen LogP contribution in [0.25, 0.3) is 0 Å². The van der Waals surface area contributed by atoms with E-state index in [-0.39, 0.29) is 5.91 Å². The Morgan fingerprint density at radius 1 is 1.29 bits per heavy atom. The number of carbonyl (C=O) groups is 1. The molecule has 0 spiro atoms. The van der Waals surface area contributed by atoms with Gasteiger partial charge in [0.15, 0.2) is 0 Å². The number of aromatic nitrogens is 1. The number of aryl methyl sites for hydroxylation is 1. The summed E-state index contributed by atoms with van der Waals surface area (Å²) in [6.07, 6.45) is 3.94. The summed E-state index contributed by atoms with van der Waals surface area (Å²) in [6, 6.07) is 12.0. The second kappa shape index (κ2) is 5.98. The molecule has 108 valence electrons. The van der Waals surface area contributed by atoms with Crippen molar-refractivity contribution in [3.8, 4) is 0 Å². The lowest BCUT2D eigenvalue weighted by atomic mass is 10.1. The molecule has 21 heavy (non-hydrogen) atoms. The first-order valence-electron chi connectivity index (χ1n) is 7.13. The number of pyridine rings is 1. The number of hydrogen-bond acceptors (Lipinski definition) is 2. The van der Waals surface area contributed by atoms with Crippen molar-refractivity contribution in [2.24, 2.45) is 0 Å². The van der Waals surface area contributed by atoms with Gasteiger partial charge in [-0.15, -0.1) is 0 Å². The predicted molar refractivity (Wildman–Crippen MR) is 86.0 cm³/mol. The zero-order valence-electron chi connectivity index (χ0n) is 11.9. The Labute approximate surface area is 133 Å². The van der Waals surface area contributed by atoms with Crippen molar-refractivity contribution in [3.05, 3.63) is 63.9 Å². The zero-order valence-corrected chi connectivity index (χ0v) is 13.5. The monoisotopic (exact) mass is 344 g/mol. The van der Waals surface area contributed by atoms with Crippen LogP contribution in [0.3, 0.4) is 0 Å². The van der Waals surface area contributed by atoms with Crippen molar-refractivity contribution in [1.82, 2.24) is 9.88 Å². The Bertz CT molecular complexity index is 653. The van der Waals surface area contributed by atoms with Gasteiger partial charge in [0.1, 0.15) is 0 Å². The van der Waals surface area contributed by atoms with Crippen molar-refractivity contribution >= 4 is 21.8 Å². The summed E-state index contributed by atoms with van der Waals surface area (Å²) in [5.41, 5.74) is 2.74. The first-order chi connectivity index (χ1) is 10.2. The van der Waals surface area contributed by atoms with Crippen LogP contribution in [0.2, 0.25) is 0 Å². The lowest BCUT2D eigenvalue weighted by Crippen LogP contribution is -2.33. The Kier molecular flexibility index (Phi) is 4.06. The molecule has 1 aromatic heterocycles. The second-order valence-electron chi connectivity index (χ2n) is 5.42. The fourth-order valence-corrected chi connectivity index (χ4v) is 2.82. The van der Waals surface area contributed by atoms with Gasteiger partial charge in [-0.3, -0.25) is 9.78 Å². The molecule has 3 rings (SSSR count). The van der Waals surface area contributed by atoms with Crippen LogP contribution >= 0.6 is 15.9 Å². The Morgan fingerprint density at radius 2 is 2.10 bits per heavy atom. The Balaban J connectivity index is 1.87. The van der Waals surface area contributed by atoms with Crippen LogP contribution in [-0.4, -0.2) is 21.8 Å². The minimum Gasteiger partial charge on any atom is -0.330 e. The molecule has 0 unspecified atom stereocenters. The normalized spacial score (nSPS) is 14.0. The van der Waals surface area contributed by atoms with E-state index >= 15 is 0 Å². The quantitative estimate of drug-likeness (QED) is 0.840. The summed E-state index contributed by atoms with van der Waals surface area (Å²) in [4.78, 5) is 19.2. The number of hydrogen-bond donors (Lipinski definition) is 0.